The summed E-state index contributed by atoms with van der Waals surface area (Å²) in [6.07, 6.45) is 3.02. The topological polar surface area (TPSA) is 82.8 Å². The fourth-order valence-corrected chi connectivity index (χ4v) is 2.90. The summed E-state index contributed by atoms with van der Waals surface area (Å²) in [4.78, 5) is 22.5. The Morgan fingerprint density at radius 3 is 2.92 bits per heavy atom. The minimum Gasteiger partial charge on any atom is -0.444 e. The molecular weight excluding hydrogens is 330 g/mol. The fraction of sp³-hybridized carbons (Fsp3) is 0.421. The van der Waals surface area contributed by atoms with Crippen LogP contribution < -0.4 is 10.6 Å². The van der Waals surface area contributed by atoms with Crippen LogP contribution in [0.5, 0.6) is 0 Å². The van der Waals surface area contributed by atoms with Crippen LogP contribution in [0.3, 0.4) is 0 Å². The van der Waals surface area contributed by atoms with Crippen molar-refractivity contribution >= 4 is 11.9 Å². The Morgan fingerprint density at radius 2 is 2.19 bits per heavy atom. The fourth-order valence-electron chi connectivity index (χ4n) is 2.90. The third kappa shape index (κ3) is 4.62. The molecule has 0 bridgehead atoms. The van der Waals surface area contributed by atoms with Gasteiger partial charge in [-0.05, 0) is 25.5 Å². The molecule has 0 spiro atoms. The molecule has 1 amide bonds. The minimum absolute atomic E-state index is 0.195. The zero-order valence-corrected chi connectivity index (χ0v) is 15.2. The van der Waals surface area contributed by atoms with Gasteiger partial charge in [-0.2, -0.15) is 0 Å². The molecule has 0 aliphatic carbocycles. The van der Waals surface area contributed by atoms with E-state index in [4.69, 9.17) is 4.42 Å². The average molecular weight is 355 g/mol. The van der Waals surface area contributed by atoms with Crippen molar-refractivity contribution in [3.8, 4) is 11.5 Å². The standard InChI is InChI=1S/C19H25N5O2/c1-3-20-19(23-15-9-10-17(25)24(2)12-15)21-11-16-13-26-18(22-16)14-7-5-4-6-8-14/h4-8,13,15H,3,9-12H2,1-2H3,(H2,20,21,23). The number of aliphatic imine (C=N–C) groups is 1. The highest BCUT2D eigenvalue weighted by molar-refractivity contribution is 5.81. The van der Waals surface area contributed by atoms with Crippen LogP contribution in [0.1, 0.15) is 25.5 Å². The van der Waals surface area contributed by atoms with E-state index in [-0.39, 0.29) is 11.9 Å². The predicted molar refractivity (Wildman–Crippen MR) is 101 cm³/mol. The summed E-state index contributed by atoms with van der Waals surface area (Å²) < 4.78 is 5.55. The second-order valence-electron chi connectivity index (χ2n) is 6.36. The van der Waals surface area contributed by atoms with Crippen molar-refractivity contribution in [2.75, 3.05) is 20.1 Å². The molecule has 138 valence electrons. The first-order chi connectivity index (χ1) is 12.7. The molecule has 1 saturated heterocycles. The molecule has 1 aliphatic heterocycles. The third-order valence-corrected chi connectivity index (χ3v) is 4.28. The van der Waals surface area contributed by atoms with Crippen LogP contribution in [0.25, 0.3) is 11.5 Å². The number of benzene rings is 1. The minimum atomic E-state index is 0.195. The number of carbonyl (C=O) groups excluding carboxylic acids is 1. The molecule has 0 radical (unpaired) electrons. The van der Waals surface area contributed by atoms with Gasteiger partial charge >= 0.3 is 0 Å². The summed E-state index contributed by atoms with van der Waals surface area (Å²) in [7, 11) is 1.83. The van der Waals surface area contributed by atoms with Crippen molar-refractivity contribution in [2.24, 2.45) is 4.99 Å². The molecule has 26 heavy (non-hydrogen) atoms. The highest BCUT2D eigenvalue weighted by Crippen LogP contribution is 2.18. The number of carbonyl (C=O) groups is 1. The summed E-state index contributed by atoms with van der Waals surface area (Å²) in [5, 5.41) is 6.64. The van der Waals surface area contributed by atoms with Crippen LogP contribution in [0.2, 0.25) is 0 Å². The maximum absolute atomic E-state index is 11.6. The second-order valence-corrected chi connectivity index (χ2v) is 6.36. The van der Waals surface area contributed by atoms with Crippen LogP contribution in [0.4, 0.5) is 0 Å². The van der Waals surface area contributed by atoms with E-state index < -0.39 is 0 Å². The van der Waals surface area contributed by atoms with Gasteiger partial charge in [0.2, 0.25) is 11.8 Å². The Bertz CT molecular complexity index is 756. The normalized spacial score (nSPS) is 18.1. The lowest BCUT2D eigenvalue weighted by Gasteiger charge is -2.31. The van der Waals surface area contributed by atoms with E-state index in [2.05, 4.69) is 20.6 Å². The van der Waals surface area contributed by atoms with Gasteiger partial charge < -0.3 is 20.0 Å². The highest BCUT2D eigenvalue weighted by atomic mass is 16.3. The molecule has 1 atom stereocenters. The van der Waals surface area contributed by atoms with Gasteiger partial charge in [0.05, 0.1) is 6.54 Å². The molecule has 7 nitrogen and oxygen atoms in total. The quantitative estimate of drug-likeness (QED) is 0.633. The van der Waals surface area contributed by atoms with E-state index in [1.165, 1.54) is 0 Å². The average Bonchev–Trinajstić information content (AvgIpc) is 3.13. The number of likely N-dealkylation sites (N-methyl/N-ethyl adjacent to an activating group) is 1. The van der Waals surface area contributed by atoms with Crippen LogP contribution in [-0.4, -0.2) is 47.9 Å². The Labute approximate surface area is 153 Å². The molecule has 1 aliphatic rings. The molecule has 1 aromatic heterocycles. The van der Waals surface area contributed by atoms with Crippen molar-refractivity contribution in [3.05, 3.63) is 42.3 Å². The first-order valence-corrected chi connectivity index (χ1v) is 8.94. The van der Waals surface area contributed by atoms with E-state index in [0.29, 0.717) is 25.4 Å². The maximum atomic E-state index is 11.6. The molecule has 0 saturated carbocycles. The maximum Gasteiger partial charge on any atom is 0.226 e. The number of likely N-dealkylation sites (tertiary alicyclic amines) is 1. The molecule has 3 rings (SSSR count). The van der Waals surface area contributed by atoms with Gasteiger partial charge in [0, 0.05) is 38.2 Å². The number of oxazole rings is 1. The highest BCUT2D eigenvalue weighted by Gasteiger charge is 2.23. The number of hydrogen-bond donors (Lipinski definition) is 2. The van der Waals surface area contributed by atoms with E-state index in [1.807, 2.05) is 44.3 Å². The van der Waals surface area contributed by atoms with E-state index in [9.17, 15) is 4.79 Å². The predicted octanol–water partition coefficient (Wildman–Crippen LogP) is 2.02. The van der Waals surface area contributed by atoms with Crippen LogP contribution in [0, 0.1) is 0 Å². The van der Waals surface area contributed by atoms with Gasteiger partial charge in [0.1, 0.15) is 12.0 Å². The lowest BCUT2D eigenvalue weighted by Crippen LogP contribution is -2.51. The van der Waals surface area contributed by atoms with Gasteiger partial charge in [-0.15, -0.1) is 0 Å². The number of nitrogens with zero attached hydrogens (tertiary/aromatic N) is 3. The van der Waals surface area contributed by atoms with E-state index >= 15 is 0 Å². The summed E-state index contributed by atoms with van der Waals surface area (Å²) in [5.41, 5.74) is 1.72. The number of hydrogen-bond acceptors (Lipinski definition) is 4. The number of guanidine groups is 1. The van der Waals surface area contributed by atoms with Crippen LogP contribution in [0.15, 0.2) is 46.0 Å². The SMILES string of the molecule is CCNC(=NCc1coc(-c2ccccc2)n1)NC1CCC(=O)N(C)C1. The first-order valence-electron chi connectivity index (χ1n) is 8.94. The number of amides is 1. The Balaban J connectivity index is 1.62. The summed E-state index contributed by atoms with van der Waals surface area (Å²) >= 11 is 0. The lowest BCUT2D eigenvalue weighted by molar-refractivity contribution is -0.132. The second kappa shape index (κ2) is 8.51. The zero-order chi connectivity index (χ0) is 18.4. The van der Waals surface area contributed by atoms with Gasteiger partial charge in [-0.1, -0.05) is 18.2 Å². The number of nitrogens with one attached hydrogen (secondary N) is 2. The van der Waals surface area contributed by atoms with Gasteiger partial charge in [-0.25, -0.2) is 9.98 Å². The van der Waals surface area contributed by atoms with Gasteiger partial charge in [-0.3, -0.25) is 4.79 Å². The van der Waals surface area contributed by atoms with E-state index in [1.54, 1.807) is 11.2 Å². The first kappa shape index (κ1) is 18.0. The molecule has 1 aromatic carbocycles. The molecule has 2 aromatic rings. The van der Waals surface area contributed by atoms with E-state index in [0.717, 1.165) is 30.2 Å². The number of piperidine rings is 1. The third-order valence-electron chi connectivity index (χ3n) is 4.28. The lowest BCUT2D eigenvalue weighted by atomic mass is 10.1. The number of rotatable bonds is 5. The van der Waals surface area contributed by atoms with Gasteiger partial charge in [0.25, 0.3) is 0 Å². The van der Waals surface area contributed by atoms with Crippen molar-refractivity contribution in [1.29, 1.82) is 0 Å². The summed E-state index contributed by atoms with van der Waals surface area (Å²) in [5.74, 6) is 1.52. The zero-order valence-electron chi connectivity index (χ0n) is 15.2. The van der Waals surface area contributed by atoms with Crippen molar-refractivity contribution in [1.82, 2.24) is 20.5 Å². The van der Waals surface area contributed by atoms with Crippen LogP contribution >= 0.6 is 0 Å². The summed E-state index contributed by atoms with van der Waals surface area (Å²) in [6.45, 7) is 3.90. The van der Waals surface area contributed by atoms with Crippen LogP contribution in [-0.2, 0) is 11.3 Å². The molecule has 1 unspecified atom stereocenters. The Kier molecular flexibility index (Phi) is 5.88. The monoisotopic (exact) mass is 355 g/mol. The van der Waals surface area contributed by atoms with Crippen molar-refractivity contribution in [2.45, 2.75) is 32.4 Å². The Morgan fingerprint density at radius 1 is 1.38 bits per heavy atom. The van der Waals surface area contributed by atoms with Gasteiger partial charge in [0.15, 0.2) is 5.96 Å². The number of aromatic nitrogens is 1. The molecular formula is C19H25N5O2. The molecule has 1 fully saturated rings. The molecule has 7 heteroatoms. The largest absolute Gasteiger partial charge is 0.444 e. The molecule has 2 heterocycles. The smallest absolute Gasteiger partial charge is 0.226 e. The summed E-state index contributed by atoms with van der Waals surface area (Å²) in [6, 6.07) is 10.00. The molecule has 2 N–H and O–H groups in total. The Hall–Kier alpha value is -2.83. The van der Waals surface area contributed by atoms with Crippen molar-refractivity contribution < 1.29 is 9.21 Å². The van der Waals surface area contributed by atoms with Crippen molar-refractivity contribution in [3.63, 3.8) is 0 Å².